The Labute approximate surface area is 104 Å². The van der Waals surface area contributed by atoms with Crippen molar-refractivity contribution in [1.29, 1.82) is 0 Å². The lowest BCUT2D eigenvalue weighted by atomic mass is 9.94. The molecule has 0 saturated heterocycles. The molecule has 1 heteroatoms. The molecule has 2 fully saturated rings. The van der Waals surface area contributed by atoms with Crippen LogP contribution in [0.4, 0.5) is 0 Å². The van der Waals surface area contributed by atoms with Crippen molar-refractivity contribution in [2.75, 3.05) is 0 Å². The second-order valence-electron chi connectivity index (χ2n) is 6.09. The minimum absolute atomic E-state index is 0.198. The van der Waals surface area contributed by atoms with E-state index in [1.54, 1.807) is 5.56 Å². The fourth-order valence-corrected chi connectivity index (χ4v) is 3.07. The topological polar surface area (TPSA) is 26.0 Å². The molecule has 2 aliphatic carbocycles. The Hall–Kier alpha value is -0.820. The average molecular weight is 229 g/mol. The van der Waals surface area contributed by atoms with E-state index in [9.17, 15) is 0 Å². The zero-order chi connectivity index (χ0) is 11.7. The van der Waals surface area contributed by atoms with E-state index in [1.165, 1.54) is 50.5 Å². The van der Waals surface area contributed by atoms with Gasteiger partial charge in [-0.15, -0.1) is 0 Å². The van der Waals surface area contributed by atoms with Gasteiger partial charge < -0.3 is 5.73 Å². The molecule has 1 aromatic carbocycles. The van der Waals surface area contributed by atoms with E-state index in [0.29, 0.717) is 0 Å². The highest BCUT2D eigenvalue weighted by molar-refractivity contribution is 5.27. The Morgan fingerprint density at radius 3 is 2.65 bits per heavy atom. The highest BCUT2D eigenvalue weighted by Gasteiger charge is 2.37. The lowest BCUT2D eigenvalue weighted by molar-refractivity contribution is 0.608. The Morgan fingerprint density at radius 2 is 1.94 bits per heavy atom. The largest absolute Gasteiger partial charge is 0.325 e. The molecule has 1 aromatic rings. The molecule has 17 heavy (non-hydrogen) atoms. The molecule has 2 aliphatic rings. The van der Waals surface area contributed by atoms with Crippen molar-refractivity contribution in [2.45, 2.75) is 62.8 Å². The number of hydrogen-bond donors (Lipinski definition) is 1. The van der Waals surface area contributed by atoms with Crippen LogP contribution in [0.15, 0.2) is 24.3 Å². The predicted octanol–water partition coefficient (Wildman–Crippen LogP) is 3.77. The Bertz CT molecular complexity index is 386. The summed E-state index contributed by atoms with van der Waals surface area (Å²) in [6.07, 6.45) is 10.4. The molecule has 0 heterocycles. The summed E-state index contributed by atoms with van der Waals surface area (Å²) in [6.45, 7) is 0. The molecule has 92 valence electrons. The summed E-state index contributed by atoms with van der Waals surface area (Å²) < 4.78 is 0. The van der Waals surface area contributed by atoms with E-state index in [0.717, 1.165) is 12.3 Å². The van der Waals surface area contributed by atoms with Gasteiger partial charge in [0.05, 0.1) is 0 Å². The van der Waals surface area contributed by atoms with Crippen LogP contribution in [-0.2, 0) is 6.42 Å². The molecule has 0 atom stereocenters. The SMILES string of the molecule is NC1(CCc2cccc(C3CCCC3)c2)CC1. The zero-order valence-corrected chi connectivity index (χ0v) is 10.6. The van der Waals surface area contributed by atoms with E-state index in [2.05, 4.69) is 24.3 Å². The maximum atomic E-state index is 6.15. The highest BCUT2D eigenvalue weighted by atomic mass is 14.8. The standard InChI is InChI=1S/C16H23N/c17-16(10-11-16)9-8-13-4-3-7-15(12-13)14-5-1-2-6-14/h3-4,7,12,14H,1-2,5-6,8-11,17H2. The normalized spacial score (nSPS) is 22.9. The first kappa shape index (κ1) is 11.3. The fraction of sp³-hybridized carbons (Fsp3) is 0.625. The first-order valence-corrected chi connectivity index (χ1v) is 7.13. The maximum Gasteiger partial charge on any atom is 0.0158 e. The maximum absolute atomic E-state index is 6.15. The van der Waals surface area contributed by atoms with E-state index >= 15 is 0 Å². The summed E-state index contributed by atoms with van der Waals surface area (Å²) in [5.74, 6) is 0.836. The molecule has 0 spiro atoms. The van der Waals surface area contributed by atoms with Gasteiger partial charge in [-0.05, 0) is 55.6 Å². The van der Waals surface area contributed by atoms with E-state index in [1.807, 2.05) is 0 Å². The van der Waals surface area contributed by atoms with E-state index in [-0.39, 0.29) is 5.54 Å². The van der Waals surface area contributed by atoms with Crippen LogP contribution in [0.2, 0.25) is 0 Å². The van der Waals surface area contributed by atoms with Gasteiger partial charge in [0.1, 0.15) is 0 Å². The molecule has 0 radical (unpaired) electrons. The minimum Gasteiger partial charge on any atom is -0.325 e. The summed E-state index contributed by atoms with van der Waals surface area (Å²) in [5.41, 5.74) is 9.42. The third kappa shape index (κ3) is 2.71. The van der Waals surface area contributed by atoms with Gasteiger partial charge in [-0.25, -0.2) is 0 Å². The molecule has 1 nitrogen and oxygen atoms in total. The molecule has 0 bridgehead atoms. The molecule has 0 unspecified atom stereocenters. The highest BCUT2D eigenvalue weighted by Crippen LogP contribution is 2.37. The molecule has 2 N–H and O–H groups in total. The molecule has 0 aromatic heterocycles. The van der Waals surface area contributed by atoms with Crippen LogP contribution in [0.25, 0.3) is 0 Å². The second-order valence-corrected chi connectivity index (χ2v) is 6.09. The van der Waals surface area contributed by atoms with Crippen molar-refractivity contribution < 1.29 is 0 Å². The van der Waals surface area contributed by atoms with Gasteiger partial charge in [0.2, 0.25) is 0 Å². The lowest BCUT2D eigenvalue weighted by Crippen LogP contribution is -2.22. The summed E-state index contributed by atoms with van der Waals surface area (Å²) in [5, 5.41) is 0. The summed E-state index contributed by atoms with van der Waals surface area (Å²) in [4.78, 5) is 0. The summed E-state index contributed by atoms with van der Waals surface area (Å²) in [7, 11) is 0. The van der Waals surface area contributed by atoms with Crippen LogP contribution < -0.4 is 5.73 Å². The summed E-state index contributed by atoms with van der Waals surface area (Å²) >= 11 is 0. The zero-order valence-electron chi connectivity index (χ0n) is 10.6. The van der Waals surface area contributed by atoms with Crippen molar-refractivity contribution >= 4 is 0 Å². The first-order chi connectivity index (χ1) is 8.25. The van der Waals surface area contributed by atoms with Gasteiger partial charge >= 0.3 is 0 Å². The van der Waals surface area contributed by atoms with Crippen LogP contribution in [0.3, 0.4) is 0 Å². The van der Waals surface area contributed by atoms with E-state index < -0.39 is 0 Å². The number of rotatable bonds is 4. The Balaban J connectivity index is 1.65. The number of nitrogens with two attached hydrogens (primary N) is 1. The Morgan fingerprint density at radius 1 is 1.18 bits per heavy atom. The van der Waals surface area contributed by atoms with Gasteiger partial charge in [-0.1, -0.05) is 37.1 Å². The second kappa shape index (κ2) is 4.45. The smallest absolute Gasteiger partial charge is 0.0158 e. The van der Waals surface area contributed by atoms with Crippen LogP contribution >= 0.6 is 0 Å². The predicted molar refractivity (Wildman–Crippen MR) is 72.1 cm³/mol. The van der Waals surface area contributed by atoms with Crippen LogP contribution in [0.5, 0.6) is 0 Å². The molecule has 2 saturated carbocycles. The van der Waals surface area contributed by atoms with Gasteiger partial charge in [0, 0.05) is 5.54 Å². The third-order valence-electron chi connectivity index (χ3n) is 4.58. The van der Waals surface area contributed by atoms with Gasteiger partial charge in [-0.2, -0.15) is 0 Å². The van der Waals surface area contributed by atoms with Crippen molar-refractivity contribution in [3.8, 4) is 0 Å². The third-order valence-corrected chi connectivity index (χ3v) is 4.58. The molecule has 0 amide bonds. The lowest BCUT2D eigenvalue weighted by Gasteiger charge is -2.12. The molecular formula is C16H23N. The van der Waals surface area contributed by atoms with Crippen LogP contribution in [-0.4, -0.2) is 5.54 Å². The van der Waals surface area contributed by atoms with Crippen LogP contribution in [0.1, 0.15) is 62.0 Å². The van der Waals surface area contributed by atoms with Crippen molar-refractivity contribution in [2.24, 2.45) is 5.73 Å². The van der Waals surface area contributed by atoms with Gasteiger partial charge in [0.15, 0.2) is 0 Å². The minimum atomic E-state index is 0.198. The molecule has 3 rings (SSSR count). The summed E-state index contributed by atoms with van der Waals surface area (Å²) in [6, 6.07) is 9.25. The van der Waals surface area contributed by atoms with Gasteiger partial charge in [0.25, 0.3) is 0 Å². The number of aryl methyl sites for hydroxylation is 1. The van der Waals surface area contributed by atoms with Crippen molar-refractivity contribution in [3.05, 3.63) is 35.4 Å². The fourth-order valence-electron chi connectivity index (χ4n) is 3.07. The van der Waals surface area contributed by atoms with Gasteiger partial charge in [-0.3, -0.25) is 0 Å². The molecular weight excluding hydrogens is 206 g/mol. The Kier molecular flexibility index (Phi) is 2.96. The number of hydrogen-bond acceptors (Lipinski definition) is 1. The first-order valence-electron chi connectivity index (χ1n) is 7.13. The van der Waals surface area contributed by atoms with Crippen molar-refractivity contribution in [1.82, 2.24) is 0 Å². The monoisotopic (exact) mass is 229 g/mol. The molecule has 0 aliphatic heterocycles. The average Bonchev–Trinajstić information content (AvgIpc) is 2.88. The van der Waals surface area contributed by atoms with Crippen LogP contribution in [0, 0.1) is 0 Å². The quantitative estimate of drug-likeness (QED) is 0.835. The van der Waals surface area contributed by atoms with E-state index in [4.69, 9.17) is 5.73 Å². The van der Waals surface area contributed by atoms with Crippen molar-refractivity contribution in [3.63, 3.8) is 0 Å². The number of benzene rings is 1.